The SMILES string of the molecule is CC(Oc1ccccc1Oc1ccc2ccc(Br)cc2n1)C(=O)NC(C)S(=O)(=O)[O-].[Na+]. The Kier molecular flexibility index (Phi) is 8.87. The molecule has 2 unspecified atom stereocenters. The summed E-state index contributed by atoms with van der Waals surface area (Å²) in [7, 11) is -4.65. The fraction of sp³-hybridized carbons (Fsp3) is 0.200. The predicted octanol–water partition coefficient (Wildman–Crippen LogP) is 0.568. The minimum Gasteiger partial charge on any atom is -0.746 e. The molecule has 0 saturated heterocycles. The number of hydrogen-bond acceptors (Lipinski definition) is 7. The first-order valence-electron chi connectivity index (χ1n) is 8.88. The number of aromatic nitrogens is 1. The third-order valence-corrected chi connectivity index (χ3v) is 5.62. The first-order valence-corrected chi connectivity index (χ1v) is 11.1. The molecule has 0 fully saturated rings. The van der Waals surface area contributed by atoms with Gasteiger partial charge in [0.05, 0.1) is 5.52 Å². The van der Waals surface area contributed by atoms with E-state index in [1.54, 1.807) is 30.3 Å². The average Bonchev–Trinajstić information content (AvgIpc) is 2.68. The molecule has 0 spiro atoms. The van der Waals surface area contributed by atoms with Gasteiger partial charge < -0.3 is 19.3 Å². The number of hydrogen-bond donors (Lipinski definition) is 1. The third kappa shape index (κ3) is 6.90. The number of fused-ring (bicyclic) bond motifs is 1. The topological polar surface area (TPSA) is 118 Å². The Hall–Kier alpha value is -1.69. The second kappa shape index (κ2) is 10.8. The summed E-state index contributed by atoms with van der Waals surface area (Å²) >= 11 is 3.41. The normalized spacial score (nSPS) is 13.0. The molecule has 1 N–H and O–H groups in total. The Labute approximate surface area is 210 Å². The van der Waals surface area contributed by atoms with Crippen LogP contribution in [0.2, 0.25) is 0 Å². The van der Waals surface area contributed by atoms with E-state index >= 15 is 0 Å². The maximum atomic E-state index is 12.2. The van der Waals surface area contributed by atoms with Crippen molar-refractivity contribution in [3.8, 4) is 17.4 Å². The molecular weight excluding hydrogens is 499 g/mol. The molecule has 1 aromatic heterocycles. The van der Waals surface area contributed by atoms with E-state index in [2.05, 4.69) is 26.2 Å². The molecule has 2 atom stereocenters. The van der Waals surface area contributed by atoms with Gasteiger partial charge in [-0.1, -0.05) is 34.1 Å². The molecule has 0 saturated carbocycles. The summed E-state index contributed by atoms with van der Waals surface area (Å²) in [5.74, 6) is 0.169. The number of amides is 1. The second-order valence-corrected chi connectivity index (χ2v) is 9.05. The molecule has 2 aromatic carbocycles. The summed E-state index contributed by atoms with van der Waals surface area (Å²) in [4.78, 5) is 16.6. The van der Waals surface area contributed by atoms with Crippen LogP contribution in [0.5, 0.6) is 17.4 Å². The summed E-state index contributed by atoms with van der Waals surface area (Å²) in [6.45, 7) is 2.52. The van der Waals surface area contributed by atoms with Crippen molar-refractivity contribution in [2.24, 2.45) is 0 Å². The van der Waals surface area contributed by atoms with E-state index in [0.717, 1.165) is 22.3 Å². The molecule has 158 valence electrons. The fourth-order valence-electron chi connectivity index (χ4n) is 2.51. The summed E-state index contributed by atoms with van der Waals surface area (Å²) < 4.78 is 45.3. The molecule has 11 heteroatoms. The van der Waals surface area contributed by atoms with Gasteiger partial charge in [-0.2, -0.15) is 0 Å². The Balaban J connectivity index is 0.00000341. The van der Waals surface area contributed by atoms with Crippen molar-refractivity contribution in [2.45, 2.75) is 25.3 Å². The Morgan fingerprint density at radius 3 is 2.42 bits per heavy atom. The number of nitrogens with one attached hydrogen (secondary N) is 1. The number of pyridine rings is 1. The van der Waals surface area contributed by atoms with Crippen molar-refractivity contribution < 1.29 is 56.8 Å². The molecule has 3 rings (SSSR count). The van der Waals surface area contributed by atoms with Gasteiger partial charge in [0.25, 0.3) is 5.91 Å². The zero-order chi connectivity index (χ0) is 21.9. The predicted molar refractivity (Wildman–Crippen MR) is 113 cm³/mol. The molecule has 0 bridgehead atoms. The number of halogens is 1. The molecular formula is C20H18BrN2NaO6S. The van der Waals surface area contributed by atoms with E-state index < -0.39 is 27.5 Å². The fourth-order valence-corrected chi connectivity index (χ4v) is 3.12. The number of ether oxygens (including phenoxy) is 2. The van der Waals surface area contributed by atoms with Crippen molar-refractivity contribution in [3.05, 3.63) is 59.1 Å². The molecule has 0 radical (unpaired) electrons. The van der Waals surface area contributed by atoms with Crippen LogP contribution >= 0.6 is 15.9 Å². The van der Waals surface area contributed by atoms with Crippen molar-refractivity contribution >= 4 is 42.9 Å². The van der Waals surface area contributed by atoms with Crippen LogP contribution in [0.3, 0.4) is 0 Å². The van der Waals surface area contributed by atoms with Crippen LogP contribution in [-0.2, 0) is 14.9 Å². The number of carbonyl (C=O) groups is 1. The van der Waals surface area contributed by atoms with Gasteiger partial charge in [0, 0.05) is 15.9 Å². The Morgan fingerprint density at radius 2 is 1.74 bits per heavy atom. The quantitative estimate of drug-likeness (QED) is 0.360. The zero-order valence-corrected chi connectivity index (χ0v) is 21.4. The maximum Gasteiger partial charge on any atom is 1.00 e. The van der Waals surface area contributed by atoms with E-state index in [1.807, 2.05) is 24.3 Å². The van der Waals surface area contributed by atoms with E-state index in [-0.39, 0.29) is 35.3 Å². The van der Waals surface area contributed by atoms with Crippen LogP contribution in [0, 0.1) is 0 Å². The van der Waals surface area contributed by atoms with Gasteiger partial charge in [-0.3, -0.25) is 4.79 Å². The van der Waals surface area contributed by atoms with E-state index in [0.29, 0.717) is 11.6 Å². The number of nitrogens with zero attached hydrogens (tertiary/aromatic N) is 1. The maximum absolute atomic E-state index is 12.2. The average molecular weight is 517 g/mol. The summed E-state index contributed by atoms with van der Waals surface area (Å²) in [6, 6.07) is 16.0. The van der Waals surface area contributed by atoms with Gasteiger partial charge in [-0.15, -0.1) is 0 Å². The molecule has 0 aliphatic rings. The van der Waals surface area contributed by atoms with Gasteiger partial charge in [0.2, 0.25) is 5.88 Å². The van der Waals surface area contributed by atoms with Crippen LogP contribution in [0.25, 0.3) is 10.9 Å². The smallest absolute Gasteiger partial charge is 0.746 e. The van der Waals surface area contributed by atoms with Crippen LogP contribution in [-0.4, -0.2) is 35.3 Å². The van der Waals surface area contributed by atoms with Gasteiger partial charge in [-0.05, 0) is 44.2 Å². The first-order chi connectivity index (χ1) is 14.1. The monoisotopic (exact) mass is 516 g/mol. The summed E-state index contributed by atoms with van der Waals surface area (Å²) in [5, 5.41) is 1.49. The van der Waals surface area contributed by atoms with Crippen LogP contribution in [0.1, 0.15) is 13.8 Å². The Morgan fingerprint density at radius 1 is 1.10 bits per heavy atom. The number of para-hydroxylation sites is 2. The van der Waals surface area contributed by atoms with Crippen molar-refractivity contribution in [3.63, 3.8) is 0 Å². The first kappa shape index (κ1) is 25.6. The van der Waals surface area contributed by atoms with E-state index in [9.17, 15) is 17.8 Å². The molecule has 8 nitrogen and oxygen atoms in total. The largest absolute Gasteiger partial charge is 1.00 e. The number of rotatable bonds is 7. The minimum atomic E-state index is -4.65. The standard InChI is InChI=1S/C20H19BrN2O6S.Na/c1-12(20(24)22-13(2)30(25,26)27)28-17-5-3-4-6-18(17)29-19-10-8-14-7-9-15(21)11-16(14)23-19;/h3-13H,1-2H3,(H,22,24)(H,25,26,27);/q;+1/p-1. The van der Waals surface area contributed by atoms with Crippen LogP contribution in [0.4, 0.5) is 0 Å². The van der Waals surface area contributed by atoms with Crippen LogP contribution < -0.4 is 44.3 Å². The van der Waals surface area contributed by atoms with Crippen LogP contribution in [0.15, 0.2) is 59.1 Å². The molecule has 1 amide bonds. The molecule has 1 heterocycles. The number of benzene rings is 2. The van der Waals surface area contributed by atoms with E-state index in [4.69, 9.17) is 9.47 Å². The molecule has 0 aliphatic heterocycles. The van der Waals surface area contributed by atoms with Gasteiger partial charge in [0.15, 0.2) is 17.6 Å². The Bertz CT molecular complexity index is 1190. The van der Waals surface area contributed by atoms with Crippen molar-refractivity contribution in [1.29, 1.82) is 0 Å². The van der Waals surface area contributed by atoms with Gasteiger partial charge in [-0.25, -0.2) is 13.4 Å². The summed E-state index contributed by atoms with van der Waals surface area (Å²) in [6.07, 6.45) is -1.07. The molecule has 31 heavy (non-hydrogen) atoms. The minimum absolute atomic E-state index is 0. The van der Waals surface area contributed by atoms with E-state index in [1.165, 1.54) is 6.92 Å². The van der Waals surface area contributed by atoms with Crippen molar-refractivity contribution in [1.82, 2.24) is 10.3 Å². The second-order valence-electron chi connectivity index (χ2n) is 6.44. The third-order valence-electron chi connectivity index (χ3n) is 4.14. The number of carbonyl (C=O) groups excluding carboxylic acids is 1. The zero-order valence-electron chi connectivity index (χ0n) is 17.0. The van der Waals surface area contributed by atoms with Gasteiger partial charge >= 0.3 is 29.6 Å². The molecule has 0 aliphatic carbocycles. The summed E-state index contributed by atoms with van der Waals surface area (Å²) in [5.41, 5.74) is 0.737. The van der Waals surface area contributed by atoms with Crippen molar-refractivity contribution in [2.75, 3.05) is 0 Å². The molecule has 3 aromatic rings. The van der Waals surface area contributed by atoms with Gasteiger partial charge in [0.1, 0.15) is 15.5 Å².